The third-order valence-electron chi connectivity index (χ3n) is 5.48. The number of thioether (sulfide) groups is 1. The molecule has 1 aliphatic rings. The Morgan fingerprint density at radius 1 is 0.853 bits per heavy atom. The maximum atomic E-state index is 13.6. The maximum Gasteiger partial charge on any atom is 0.271 e. The molecular weight excluding hydrogens is 448 g/mol. The number of benzene rings is 3. The Labute approximate surface area is 203 Å². The second-order valence-corrected chi connectivity index (χ2v) is 8.69. The molecule has 1 amide bonds. The largest absolute Gasteiger partial charge is 0.493 e. The molecular formula is C27H26N2O4S. The number of aliphatic imine (C=N–C) groups is 1. The first-order chi connectivity index (χ1) is 16.5. The minimum atomic E-state index is -0.139. The molecule has 0 bridgehead atoms. The number of para-hydroxylation sites is 2. The van der Waals surface area contributed by atoms with Crippen LogP contribution in [-0.4, -0.2) is 32.4 Å². The molecule has 1 heterocycles. The predicted octanol–water partition coefficient (Wildman–Crippen LogP) is 6.14. The fraction of sp³-hybridized carbons (Fsp3) is 0.185. The third kappa shape index (κ3) is 4.52. The van der Waals surface area contributed by atoms with Gasteiger partial charge in [0.1, 0.15) is 0 Å². The number of rotatable bonds is 6. The van der Waals surface area contributed by atoms with Gasteiger partial charge in [-0.15, -0.1) is 0 Å². The average Bonchev–Trinajstić information content (AvgIpc) is 3.14. The lowest BCUT2D eigenvalue weighted by molar-refractivity contribution is -0.113. The molecule has 34 heavy (non-hydrogen) atoms. The number of carbonyl (C=O) groups is 1. The normalized spacial score (nSPS) is 15.8. The molecule has 0 radical (unpaired) electrons. The Morgan fingerprint density at radius 3 is 2.06 bits per heavy atom. The molecule has 6 nitrogen and oxygen atoms in total. The number of nitrogens with zero attached hydrogens (tertiary/aromatic N) is 2. The molecule has 1 saturated heterocycles. The van der Waals surface area contributed by atoms with Gasteiger partial charge in [0, 0.05) is 0 Å². The van der Waals surface area contributed by atoms with Gasteiger partial charge in [0.15, 0.2) is 16.7 Å². The standard InChI is InChI=1S/C27H26N2O4S/c1-17-10-6-8-12-20(17)28-27-29(21-13-9-7-11-18(21)2)26(30)24(34-27)16-19-14-22(31-3)25(33-5)23(15-19)32-4/h6-16H,1-5H3. The van der Waals surface area contributed by atoms with Crippen molar-refractivity contribution in [1.29, 1.82) is 0 Å². The van der Waals surface area contributed by atoms with E-state index < -0.39 is 0 Å². The van der Waals surface area contributed by atoms with Crippen LogP contribution in [0.5, 0.6) is 17.2 Å². The Bertz CT molecular complexity index is 1270. The van der Waals surface area contributed by atoms with Crippen LogP contribution in [0.25, 0.3) is 6.08 Å². The molecule has 1 aliphatic heterocycles. The highest BCUT2D eigenvalue weighted by Gasteiger charge is 2.35. The van der Waals surface area contributed by atoms with E-state index in [-0.39, 0.29) is 5.91 Å². The zero-order chi connectivity index (χ0) is 24.2. The summed E-state index contributed by atoms with van der Waals surface area (Å²) in [7, 11) is 4.69. The number of aryl methyl sites for hydroxylation is 2. The molecule has 174 valence electrons. The Balaban J connectivity index is 1.83. The van der Waals surface area contributed by atoms with E-state index in [0.29, 0.717) is 27.3 Å². The van der Waals surface area contributed by atoms with Crippen molar-refractivity contribution < 1.29 is 19.0 Å². The van der Waals surface area contributed by atoms with E-state index in [1.54, 1.807) is 26.2 Å². The summed E-state index contributed by atoms with van der Waals surface area (Å²) in [5.74, 6) is 1.41. The van der Waals surface area contributed by atoms with E-state index in [0.717, 1.165) is 28.1 Å². The molecule has 0 aromatic heterocycles. The first-order valence-corrected chi connectivity index (χ1v) is 11.5. The van der Waals surface area contributed by atoms with Crippen LogP contribution in [0, 0.1) is 13.8 Å². The quantitative estimate of drug-likeness (QED) is 0.402. The fourth-order valence-corrected chi connectivity index (χ4v) is 4.69. The Morgan fingerprint density at radius 2 is 1.47 bits per heavy atom. The lowest BCUT2D eigenvalue weighted by Crippen LogP contribution is -2.29. The third-order valence-corrected chi connectivity index (χ3v) is 6.45. The molecule has 0 unspecified atom stereocenters. The highest BCUT2D eigenvalue weighted by atomic mass is 32.2. The highest BCUT2D eigenvalue weighted by molar-refractivity contribution is 8.19. The van der Waals surface area contributed by atoms with Crippen molar-refractivity contribution in [2.24, 2.45) is 4.99 Å². The van der Waals surface area contributed by atoms with Crippen LogP contribution in [-0.2, 0) is 4.79 Å². The number of methoxy groups -OCH3 is 3. The lowest BCUT2D eigenvalue weighted by Gasteiger charge is -2.18. The average molecular weight is 475 g/mol. The van der Waals surface area contributed by atoms with Gasteiger partial charge in [-0.25, -0.2) is 4.99 Å². The van der Waals surface area contributed by atoms with Crippen molar-refractivity contribution in [2.45, 2.75) is 13.8 Å². The van der Waals surface area contributed by atoms with Crippen LogP contribution in [0.1, 0.15) is 16.7 Å². The summed E-state index contributed by atoms with van der Waals surface area (Å²) in [6, 6.07) is 19.3. The van der Waals surface area contributed by atoms with Crippen LogP contribution in [0.2, 0.25) is 0 Å². The molecule has 0 aliphatic carbocycles. The van der Waals surface area contributed by atoms with Gasteiger partial charge in [0.2, 0.25) is 5.75 Å². The first kappa shape index (κ1) is 23.4. The summed E-state index contributed by atoms with van der Waals surface area (Å²) in [5, 5.41) is 0.604. The van der Waals surface area contributed by atoms with E-state index in [1.807, 2.05) is 80.6 Å². The van der Waals surface area contributed by atoms with Gasteiger partial charge in [-0.2, -0.15) is 0 Å². The van der Waals surface area contributed by atoms with E-state index >= 15 is 0 Å². The van der Waals surface area contributed by atoms with Crippen LogP contribution in [0.4, 0.5) is 11.4 Å². The van der Waals surface area contributed by atoms with Crippen molar-refractivity contribution in [3.8, 4) is 17.2 Å². The van der Waals surface area contributed by atoms with Crippen molar-refractivity contribution in [2.75, 3.05) is 26.2 Å². The summed E-state index contributed by atoms with van der Waals surface area (Å²) >= 11 is 1.34. The number of amidine groups is 1. The van der Waals surface area contributed by atoms with Crippen molar-refractivity contribution in [3.63, 3.8) is 0 Å². The summed E-state index contributed by atoms with van der Waals surface area (Å²) in [5.41, 5.74) is 4.41. The molecule has 3 aromatic rings. The summed E-state index contributed by atoms with van der Waals surface area (Å²) in [6.07, 6.45) is 1.82. The Kier molecular flexibility index (Phi) is 6.93. The van der Waals surface area contributed by atoms with Gasteiger partial charge < -0.3 is 14.2 Å². The molecule has 0 N–H and O–H groups in total. The number of anilines is 1. The zero-order valence-electron chi connectivity index (χ0n) is 19.8. The molecule has 0 atom stereocenters. The number of amides is 1. The Hall–Kier alpha value is -3.71. The highest BCUT2D eigenvalue weighted by Crippen LogP contribution is 2.42. The predicted molar refractivity (Wildman–Crippen MR) is 139 cm³/mol. The minimum Gasteiger partial charge on any atom is -0.493 e. The van der Waals surface area contributed by atoms with Crippen molar-refractivity contribution in [1.82, 2.24) is 0 Å². The fourth-order valence-electron chi connectivity index (χ4n) is 3.70. The first-order valence-electron chi connectivity index (χ1n) is 10.7. The molecule has 3 aromatic carbocycles. The second-order valence-electron chi connectivity index (χ2n) is 7.68. The number of ether oxygens (including phenoxy) is 3. The van der Waals surface area contributed by atoms with Gasteiger partial charge in [0.25, 0.3) is 5.91 Å². The number of hydrogen-bond acceptors (Lipinski definition) is 6. The second kappa shape index (κ2) is 10.1. The van der Waals surface area contributed by atoms with Gasteiger partial charge in [-0.05, 0) is 72.6 Å². The van der Waals surface area contributed by atoms with Crippen LogP contribution < -0.4 is 19.1 Å². The van der Waals surface area contributed by atoms with E-state index in [9.17, 15) is 4.79 Å². The van der Waals surface area contributed by atoms with Gasteiger partial charge in [-0.1, -0.05) is 36.4 Å². The topological polar surface area (TPSA) is 60.4 Å². The summed E-state index contributed by atoms with van der Waals surface area (Å²) in [6.45, 7) is 3.99. The van der Waals surface area contributed by atoms with Crippen LogP contribution >= 0.6 is 11.8 Å². The van der Waals surface area contributed by atoms with Crippen molar-refractivity contribution in [3.05, 3.63) is 82.3 Å². The van der Waals surface area contributed by atoms with E-state index in [4.69, 9.17) is 19.2 Å². The lowest BCUT2D eigenvalue weighted by atomic mass is 10.1. The van der Waals surface area contributed by atoms with Crippen LogP contribution in [0.15, 0.2) is 70.6 Å². The number of carbonyl (C=O) groups excluding carboxylic acids is 1. The van der Waals surface area contributed by atoms with Gasteiger partial charge in [-0.3, -0.25) is 9.69 Å². The number of hydrogen-bond donors (Lipinski definition) is 0. The summed E-state index contributed by atoms with van der Waals surface area (Å²) in [4.78, 5) is 20.7. The molecule has 0 saturated carbocycles. The van der Waals surface area contributed by atoms with Crippen molar-refractivity contribution >= 4 is 40.3 Å². The molecule has 4 rings (SSSR count). The van der Waals surface area contributed by atoms with Gasteiger partial charge >= 0.3 is 0 Å². The molecule has 7 heteroatoms. The minimum absolute atomic E-state index is 0.139. The molecule has 0 spiro atoms. The van der Waals surface area contributed by atoms with E-state index in [1.165, 1.54) is 11.8 Å². The van der Waals surface area contributed by atoms with E-state index in [2.05, 4.69) is 0 Å². The summed E-state index contributed by atoms with van der Waals surface area (Å²) < 4.78 is 16.4. The van der Waals surface area contributed by atoms with Gasteiger partial charge in [0.05, 0.1) is 37.6 Å². The monoisotopic (exact) mass is 474 g/mol. The van der Waals surface area contributed by atoms with Crippen LogP contribution in [0.3, 0.4) is 0 Å². The maximum absolute atomic E-state index is 13.6. The smallest absolute Gasteiger partial charge is 0.271 e. The zero-order valence-corrected chi connectivity index (χ0v) is 20.6. The molecule has 1 fully saturated rings. The SMILES string of the molecule is COc1cc(C=C2SC(=Nc3ccccc3C)N(c3ccccc3C)C2=O)cc(OC)c1OC.